The van der Waals surface area contributed by atoms with Gasteiger partial charge in [0.05, 0.1) is 25.4 Å². The van der Waals surface area contributed by atoms with Crippen LogP contribution in [0, 0.1) is 45.3 Å². The Morgan fingerprint density at radius 2 is 0.966 bits per heavy atom. The molecule has 9 nitrogen and oxygen atoms in total. The lowest BCUT2D eigenvalue weighted by Crippen LogP contribution is -2.53. The number of rotatable bonds is 16. The van der Waals surface area contributed by atoms with Gasteiger partial charge in [0.25, 0.3) is 0 Å². The topological polar surface area (TPSA) is 83.1 Å². The maximum atomic E-state index is 6.69. The lowest BCUT2D eigenvalue weighted by Gasteiger charge is -2.54. The molecule has 2 fully saturated rings. The minimum atomic E-state index is -0.466. The molecule has 0 saturated heterocycles. The Morgan fingerprint density at radius 1 is 0.559 bits per heavy atom. The van der Waals surface area contributed by atoms with Gasteiger partial charge in [-0.2, -0.15) is 0 Å². The van der Waals surface area contributed by atoms with Crippen molar-refractivity contribution in [2.75, 3.05) is 69.5 Å². The molecule has 8 unspecified atom stereocenters. The second-order valence-corrected chi connectivity index (χ2v) is 20.5. The van der Waals surface area contributed by atoms with Crippen LogP contribution in [0.3, 0.4) is 0 Å². The average molecular weight is 823 g/mol. The first-order valence-corrected chi connectivity index (χ1v) is 23.2. The number of fused-ring (bicyclic) bond motifs is 8. The Bertz CT molecular complexity index is 1550. The highest BCUT2D eigenvalue weighted by Gasteiger charge is 2.64. The Labute approximate surface area is 356 Å². The molecule has 8 aliphatic carbocycles. The van der Waals surface area contributed by atoms with Gasteiger partial charge in [-0.15, -0.1) is 0 Å². The summed E-state index contributed by atoms with van der Waals surface area (Å²) in [4.78, 5) is 0. The van der Waals surface area contributed by atoms with Crippen molar-refractivity contribution in [2.45, 2.75) is 154 Å². The van der Waals surface area contributed by atoms with Crippen molar-refractivity contribution in [1.82, 2.24) is 0 Å². The van der Waals surface area contributed by atoms with E-state index >= 15 is 0 Å². The molecule has 0 aromatic carbocycles. The predicted molar refractivity (Wildman–Crippen MR) is 228 cm³/mol. The van der Waals surface area contributed by atoms with Gasteiger partial charge in [0.2, 0.25) is 0 Å². The molecule has 332 valence electrons. The van der Waals surface area contributed by atoms with Crippen LogP contribution in [-0.2, 0) is 42.6 Å². The molecule has 0 aromatic heterocycles. The van der Waals surface area contributed by atoms with Crippen LogP contribution in [0.25, 0.3) is 0 Å². The fraction of sp³-hybridized carbons (Fsp3) is 0.840. The maximum Gasteiger partial charge on any atom is 0.171 e. The minimum absolute atomic E-state index is 0.0184. The zero-order valence-corrected chi connectivity index (χ0v) is 38.4. The summed E-state index contributed by atoms with van der Waals surface area (Å²) < 4.78 is 55.4. The van der Waals surface area contributed by atoms with E-state index in [1.54, 1.807) is 61.9 Å². The third-order valence-corrected chi connectivity index (χ3v) is 19.2. The first kappa shape index (κ1) is 44.2. The zero-order chi connectivity index (χ0) is 41.8. The molecule has 0 bridgehead atoms. The molecule has 10 atom stereocenters. The lowest BCUT2D eigenvalue weighted by atomic mass is 9.52. The molecule has 9 heteroatoms. The molecule has 0 spiro atoms. The summed E-state index contributed by atoms with van der Waals surface area (Å²) in [5.74, 6) is 1.48. The molecule has 0 aliphatic heterocycles. The number of hydrogen-bond acceptors (Lipinski definition) is 9. The van der Waals surface area contributed by atoms with Crippen molar-refractivity contribution in [3.05, 3.63) is 45.6 Å². The summed E-state index contributed by atoms with van der Waals surface area (Å²) in [6.45, 7) is 11.4. The van der Waals surface area contributed by atoms with Gasteiger partial charge >= 0.3 is 0 Å². The van der Waals surface area contributed by atoms with Gasteiger partial charge in [0, 0.05) is 79.2 Å². The van der Waals surface area contributed by atoms with Crippen LogP contribution in [0.5, 0.6) is 0 Å². The van der Waals surface area contributed by atoms with Gasteiger partial charge in [-0.3, -0.25) is 0 Å². The van der Waals surface area contributed by atoms with Crippen molar-refractivity contribution < 1.29 is 42.6 Å². The molecule has 0 N–H and O–H groups in total. The van der Waals surface area contributed by atoms with E-state index in [1.807, 2.05) is 14.2 Å². The van der Waals surface area contributed by atoms with Gasteiger partial charge in [0.1, 0.15) is 13.6 Å². The van der Waals surface area contributed by atoms with Gasteiger partial charge < -0.3 is 42.6 Å². The summed E-state index contributed by atoms with van der Waals surface area (Å²) >= 11 is 0. The number of methoxy groups -OCH3 is 6. The summed E-state index contributed by atoms with van der Waals surface area (Å²) in [7, 11) is 10.9. The highest BCUT2D eigenvalue weighted by atomic mass is 16.7. The summed E-state index contributed by atoms with van der Waals surface area (Å²) in [6, 6.07) is 0. The van der Waals surface area contributed by atoms with Crippen molar-refractivity contribution >= 4 is 0 Å². The van der Waals surface area contributed by atoms with Crippen LogP contribution >= 0.6 is 0 Å². The van der Waals surface area contributed by atoms with Gasteiger partial charge in [-0.25, -0.2) is 0 Å². The highest BCUT2D eigenvalue weighted by molar-refractivity contribution is 5.46. The molecule has 0 amide bonds. The third kappa shape index (κ3) is 6.88. The van der Waals surface area contributed by atoms with Crippen LogP contribution in [0.4, 0.5) is 0 Å². The normalized spacial score (nSPS) is 39.3. The lowest BCUT2D eigenvalue weighted by molar-refractivity contribution is -0.219. The number of hydrogen-bond donors (Lipinski definition) is 0. The van der Waals surface area contributed by atoms with E-state index in [1.165, 1.54) is 25.7 Å². The van der Waals surface area contributed by atoms with E-state index in [-0.39, 0.29) is 47.5 Å². The van der Waals surface area contributed by atoms with E-state index in [9.17, 15) is 0 Å². The van der Waals surface area contributed by atoms with E-state index in [0.717, 1.165) is 77.0 Å². The van der Waals surface area contributed by atoms with Crippen molar-refractivity contribution in [3.63, 3.8) is 0 Å². The second kappa shape index (κ2) is 17.0. The van der Waals surface area contributed by atoms with Crippen molar-refractivity contribution in [3.8, 4) is 0 Å². The first-order valence-electron chi connectivity index (χ1n) is 23.2. The predicted octanol–water partition coefficient (Wildman–Crippen LogP) is 10.2. The summed E-state index contributed by atoms with van der Waals surface area (Å²) in [5, 5.41) is 0. The van der Waals surface area contributed by atoms with E-state index in [0.29, 0.717) is 36.9 Å². The van der Waals surface area contributed by atoms with Crippen molar-refractivity contribution in [2.24, 2.45) is 45.3 Å². The van der Waals surface area contributed by atoms with Gasteiger partial charge in [-0.1, -0.05) is 37.1 Å². The first-order chi connectivity index (χ1) is 28.4. The Hall–Kier alpha value is -1.40. The van der Waals surface area contributed by atoms with Crippen molar-refractivity contribution in [1.29, 1.82) is 0 Å². The van der Waals surface area contributed by atoms with Crippen LogP contribution < -0.4 is 0 Å². The molecule has 0 heterocycles. The number of ether oxygens (including phenoxy) is 9. The van der Waals surface area contributed by atoms with Crippen LogP contribution in [0.1, 0.15) is 130 Å². The Balaban J connectivity index is 0.901. The molecule has 59 heavy (non-hydrogen) atoms. The largest absolute Gasteiger partial charge is 0.384 e. The SMILES string of the molecule is COCC1(C(C)OCOCOC(C)C2(COC)CCC3C4CCC5=C(CCC(OC)(OC)C5)C4=CC[C@@]32C)CCC2C3CCC4=C(CCC(OC)(OC)C4)C3=CC[C@@]21C. The smallest absolute Gasteiger partial charge is 0.171 e. The quantitative estimate of drug-likeness (QED) is 0.112. The second-order valence-electron chi connectivity index (χ2n) is 20.5. The van der Waals surface area contributed by atoms with Crippen LogP contribution in [-0.4, -0.2) is 93.2 Å². The Kier molecular flexibility index (Phi) is 12.7. The minimum Gasteiger partial charge on any atom is -0.384 e. The van der Waals surface area contributed by atoms with Crippen LogP contribution in [0.15, 0.2) is 45.6 Å². The molecule has 2 saturated carbocycles. The molecule has 8 aliphatic rings. The third-order valence-electron chi connectivity index (χ3n) is 19.2. The Morgan fingerprint density at radius 3 is 1.34 bits per heavy atom. The van der Waals surface area contributed by atoms with E-state index in [4.69, 9.17) is 42.6 Å². The fourth-order valence-corrected chi connectivity index (χ4v) is 15.5. The van der Waals surface area contributed by atoms with E-state index in [2.05, 4.69) is 39.8 Å². The number of allylic oxidation sites excluding steroid dienone is 6. The standard InChI is InChI=1S/C50H78O9/c1-33(47(29-51-5)23-19-43-41-13-11-35-27-49(53-7,54-8)25-17-37(35)39(41)15-21-45(43,47)3)58-31-57-32-59-34(2)48(30-52-6)24-20-44-42-14-12-36-28-50(55-9,56-10)26-18-38(36)40(42)16-22-46(44,48)4/h15-16,33-34,41-44H,11-14,17-32H2,1-10H3/t33?,34?,41?,42?,43?,44?,45-,46-,47?,48?/m0/s1. The monoisotopic (exact) mass is 823 g/mol. The maximum absolute atomic E-state index is 6.69. The van der Waals surface area contributed by atoms with E-state index < -0.39 is 11.6 Å². The highest BCUT2D eigenvalue weighted by Crippen LogP contribution is 2.69. The van der Waals surface area contributed by atoms with Gasteiger partial charge in [0.15, 0.2) is 11.6 Å². The molecular weight excluding hydrogens is 745 g/mol. The summed E-state index contributed by atoms with van der Waals surface area (Å²) in [6.07, 6.45) is 22.3. The molecule has 0 aromatic rings. The molecule has 8 rings (SSSR count). The summed E-state index contributed by atoms with van der Waals surface area (Å²) in [5.41, 5.74) is 9.55. The molecular formula is C50H78O9. The van der Waals surface area contributed by atoms with Crippen LogP contribution in [0.2, 0.25) is 0 Å². The average Bonchev–Trinajstić information content (AvgIpc) is 3.74. The van der Waals surface area contributed by atoms with Gasteiger partial charge in [-0.05, 0) is 148 Å². The zero-order valence-electron chi connectivity index (χ0n) is 38.4. The molecule has 0 radical (unpaired) electrons. The fourth-order valence-electron chi connectivity index (χ4n) is 15.5.